The highest BCUT2D eigenvalue weighted by molar-refractivity contribution is 6.34. The lowest BCUT2D eigenvalue weighted by atomic mass is 10.1. The molecule has 0 amide bonds. The Hall–Kier alpha value is -2.48. The molecule has 0 saturated heterocycles. The second kappa shape index (κ2) is 5.86. The third-order valence-electron chi connectivity index (χ3n) is 3.59. The van der Waals surface area contributed by atoms with Crippen LogP contribution in [0.1, 0.15) is 5.56 Å². The van der Waals surface area contributed by atoms with E-state index < -0.39 is 11.3 Å². The van der Waals surface area contributed by atoms with Crippen LogP contribution in [-0.2, 0) is 6.42 Å². The van der Waals surface area contributed by atoms with Gasteiger partial charge in [-0.2, -0.15) is 0 Å². The Morgan fingerprint density at radius 3 is 2.46 bits per heavy atom. The van der Waals surface area contributed by atoms with E-state index in [1.165, 1.54) is 36.4 Å². The quantitative estimate of drug-likeness (QED) is 0.582. The van der Waals surface area contributed by atoms with Crippen LogP contribution < -0.4 is 9.64 Å². The molecule has 0 spiro atoms. The first kappa shape index (κ1) is 16.4. The first-order chi connectivity index (χ1) is 11.2. The van der Waals surface area contributed by atoms with Crippen LogP contribution in [0, 0.1) is 10.1 Å². The van der Waals surface area contributed by atoms with Gasteiger partial charge in [-0.05, 0) is 36.2 Å². The van der Waals surface area contributed by atoms with Gasteiger partial charge in [0.05, 0.1) is 15.6 Å². The summed E-state index contributed by atoms with van der Waals surface area (Å²) >= 11 is 6.16. The predicted octanol–water partition coefficient (Wildman–Crippen LogP) is 4.84. The summed E-state index contributed by atoms with van der Waals surface area (Å²) < 4.78 is 40.4. The van der Waals surface area contributed by atoms with Gasteiger partial charge in [0, 0.05) is 24.4 Å². The topological polar surface area (TPSA) is 55.6 Å². The lowest BCUT2D eigenvalue weighted by Crippen LogP contribution is -2.17. The SMILES string of the molecule is O=[N+]([O-])c1cc(Cl)c2c(c1)CCN2c1ccc(OC(F)(F)F)cc1. The Morgan fingerprint density at radius 2 is 1.88 bits per heavy atom. The maximum atomic E-state index is 12.2. The molecule has 0 unspecified atom stereocenters. The monoisotopic (exact) mass is 358 g/mol. The van der Waals surface area contributed by atoms with Crippen molar-refractivity contribution in [2.24, 2.45) is 0 Å². The average Bonchev–Trinajstić information content (AvgIpc) is 2.91. The van der Waals surface area contributed by atoms with Gasteiger partial charge in [-0.1, -0.05) is 11.6 Å². The van der Waals surface area contributed by atoms with Crippen molar-refractivity contribution in [3.8, 4) is 5.75 Å². The summed E-state index contributed by atoms with van der Waals surface area (Å²) in [7, 11) is 0. The predicted molar refractivity (Wildman–Crippen MR) is 81.9 cm³/mol. The summed E-state index contributed by atoms with van der Waals surface area (Å²) in [4.78, 5) is 12.2. The number of rotatable bonds is 3. The van der Waals surface area contributed by atoms with Gasteiger partial charge in [-0.3, -0.25) is 10.1 Å². The number of non-ortho nitro benzene ring substituents is 1. The average molecular weight is 359 g/mol. The van der Waals surface area contributed by atoms with Crippen LogP contribution in [0.4, 0.5) is 30.2 Å². The Bertz CT molecular complexity index is 794. The fourth-order valence-electron chi connectivity index (χ4n) is 2.67. The van der Waals surface area contributed by atoms with Crippen molar-refractivity contribution in [1.29, 1.82) is 0 Å². The molecule has 3 rings (SSSR count). The van der Waals surface area contributed by atoms with E-state index >= 15 is 0 Å². The number of nitrogens with zero attached hydrogens (tertiary/aromatic N) is 2. The molecule has 0 saturated carbocycles. The molecule has 1 heterocycles. The zero-order valence-electron chi connectivity index (χ0n) is 12.0. The summed E-state index contributed by atoms with van der Waals surface area (Å²) in [5.74, 6) is -0.319. The van der Waals surface area contributed by atoms with Crippen molar-refractivity contribution in [1.82, 2.24) is 0 Å². The molecule has 126 valence electrons. The molecular formula is C15H10ClF3N2O3. The van der Waals surface area contributed by atoms with Crippen molar-refractivity contribution in [3.63, 3.8) is 0 Å². The van der Waals surface area contributed by atoms with E-state index in [0.29, 0.717) is 24.3 Å². The van der Waals surface area contributed by atoms with E-state index in [-0.39, 0.29) is 16.5 Å². The van der Waals surface area contributed by atoms with Crippen molar-refractivity contribution < 1.29 is 22.8 Å². The third-order valence-corrected chi connectivity index (χ3v) is 3.88. The largest absolute Gasteiger partial charge is 0.573 e. The summed E-state index contributed by atoms with van der Waals surface area (Å²) in [5.41, 5.74) is 1.89. The highest BCUT2D eigenvalue weighted by Crippen LogP contribution is 2.42. The fraction of sp³-hybridized carbons (Fsp3) is 0.200. The van der Waals surface area contributed by atoms with E-state index in [1.807, 2.05) is 0 Å². The van der Waals surface area contributed by atoms with Gasteiger partial charge < -0.3 is 9.64 Å². The van der Waals surface area contributed by atoms with Gasteiger partial charge in [-0.25, -0.2) is 0 Å². The van der Waals surface area contributed by atoms with E-state index in [0.717, 1.165) is 5.56 Å². The lowest BCUT2D eigenvalue weighted by molar-refractivity contribution is -0.384. The molecule has 1 aliphatic rings. The number of halogens is 4. The first-order valence-corrected chi connectivity index (χ1v) is 7.22. The molecule has 2 aromatic rings. The molecule has 2 aromatic carbocycles. The Labute approximate surface area is 139 Å². The molecule has 5 nitrogen and oxygen atoms in total. The van der Waals surface area contributed by atoms with E-state index in [1.54, 1.807) is 4.90 Å². The Kier molecular flexibility index (Phi) is 4.00. The zero-order chi connectivity index (χ0) is 17.5. The third kappa shape index (κ3) is 3.23. The van der Waals surface area contributed by atoms with Gasteiger partial charge in [0.1, 0.15) is 5.75 Å². The number of anilines is 2. The van der Waals surface area contributed by atoms with Crippen LogP contribution in [0.15, 0.2) is 36.4 Å². The second-order valence-corrected chi connectivity index (χ2v) is 5.54. The fourth-order valence-corrected chi connectivity index (χ4v) is 3.00. The number of fused-ring (bicyclic) bond motifs is 1. The van der Waals surface area contributed by atoms with Crippen LogP contribution in [-0.4, -0.2) is 17.8 Å². The van der Waals surface area contributed by atoms with E-state index in [9.17, 15) is 23.3 Å². The summed E-state index contributed by atoms with van der Waals surface area (Å²) in [6.45, 7) is 0.524. The number of ether oxygens (including phenoxy) is 1. The number of hydrogen-bond donors (Lipinski definition) is 0. The zero-order valence-corrected chi connectivity index (χ0v) is 12.8. The standard InChI is InChI=1S/C15H10ClF3N2O3/c16-13-8-11(21(22)23)7-9-5-6-20(14(9)13)10-1-3-12(4-2-10)24-15(17,18)19/h1-4,7-8H,5-6H2. The van der Waals surface area contributed by atoms with Crippen LogP contribution >= 0.6 is 11.6 Å². The molecule has 0 aromatic heterocycles. The van der Waals surface area contributed by atoms with Crippen LogP contribution in [0.2, 0.25) is 5.02 Å². The Balaban J connectivity index is 1.90. The molecule has 0 aliphatic carbocycles. The molecule has 24 heavy (non-hydrogen) atoms. The highest BCUT2D eigenvalue weighted by atomic mass is 35.5. The van der Waals surface area contributed by atoms with Crippen molar-refractivity contribution in [3.05, 3.63) is 57.1 Å². The molecule has 0 bridgehead atoms. The van der Waals surface area contributed by atoms with Crippen LogP contribution in [0.5, 0.6) is 5.75 Å². The molecule has 9 heteroatoms. The Morgan fingerprint density at radius 1 is 1.21 bits per heavy atom. The summed E-state index contributed by atoms with van der Waals surface area (Å²) in [6.07, 6.45) is -4.19. The minimum atomic E-state index is -4.75. The van der Waals surface area contributed by atoms with Crippen LogP contribution in [0.3, 0.4) is 0 Å². The second-order valence-electron chi connectivity index (χ2n) is 5.14. The van der Waals surface area contributed by atoms with Gasteiger partial charge in [0.2, 0.25) is 0 Å². The van der Waals surface area contributed by atoms with Crippen LogP contribution in [0.25, 0.3) is 0 Å². The number of hydrogen-bond acceptors (Lipinski definition) is 4. The molecular weight excluding hydrogens is 349 g/mol. The van der Waals surface area contributed by atoms with Gasteiger partial charge >= 0.3 is 6.36 Å². The molecule has 0 N–H and O–H groups in total. The smallest absolute Gasteiger partial charge is 0.406 e. The highest BCUT2D eigenvalue weighted by Gasteiger charge is 2.31. The molecule has 0 atom stereocenters. The van der Waals surface area contributed by atoms with Crippen molar-refractivity contribution in [2.75, 3.05) is 11.4 Å². The minimum absolute atomic E-state index is 0.0884. The van der Waals surface area contributed by atoms with E-state index in [2.05, 4.69) is 4.74 Å². The summed E-state index contributed by atoms with van der Waals surface area (Å²) in [6, 6.07) is 8.10. The van der Waals surface area contributed by atoms with Crippen molar-refractivity contribution in [2.45, 2.75) is 12.8 Å². The maximum Gasteiger partial charge on any atom is 0.573 e. The molecule has 0 radical (unpaired) electrons. The van der Waals surface area contributed by atoms with E-state index in [4.69, 9.17) is 11.6 Å². The van der Waals surface area contributed by atoms with Gasteiger partial charge in [0.25, 0.3) is 5.69 Å². The first-order valence-electron chi connectivity index (χ1n) is 6.85. The number of nitro groups is 1. The number of benzene rings is 2. The molecule has 0 fully saturated rings. The normalized spacial score (nSPS) is 13.8. The number of alkyl halides is 3. The minimum Gasteiger partial charge on any atom is -0.406 e. The molecule has 1 aliphatic heterocycles. The van der Waals surface area contributed by atoms with Gasteiger partial charge in [0.15, 0.2) is 0 Å². The number of nitro benzene ring substituents is 1. The summed E-state index contributed by atoms with van der Waals surface area (Å²) in [5, 5.41) is 11.1. The van der Waals surface area contributed by atoms with Crippen molar-refractivity contribution >= 4 is 28.7 Å². The van der Waals surface area contributed by atoms with Gasteiger partial charge in [-0.15, -0.1) is 13.2 Å². The lowest BCUT2D eigenvalue weighted by Gasteiger charge is -2.21. The maximum absolute atomic E-state index is 12.2.